The average Bonchev–Trinajstić information content (AvgIpc) is 2.33. The summed E-state index contributed by atoms with van der Waals surface area (Å²) in [5, 5.41) is 0. The van der Waals surface area contributed by atoms with E-state index in [1.54, 1.807) is 0 Å². The van der Waals surface area contributed by atoms with Crippen LogP contribution in [0.2, 0.25) is 0 Å². The predicted molar refractivity (Wildman–Crippen MR) is 51.8 cm³/mol. The molecule has 0 aliphatic heterocycles. The zero-order chi connectivity index (χ0) is 11.5. The van der Waals surface area contributed by atoms with Gasteiger partial charge in [-0.05, 0) is 12.1 Å². The maximum Gasteiger partial charge on any atom is 0.215 e. The van der Waals surface area contributed by atoms with E-state index < -0.39 is 17.4 Å². The van der Waals surface area contributed by atoms with Gasteiger partial charge in [0.25, 0.3) is 0 Å². The van der Waals surface area contributed by atoms with Gasteiger partial charge in [-0.15, -0.1) is 0 Å². The number of ketones is 1. The van der Waals surface area contributed by atoms with Crippen molar-refractivity contribution in [1.29, 1.82) is 0 Å². The molecule has 0 radical (unpaired) electrons. The van der Waals surface area contributed by atoms with Gasteiger partial charge in [-0.3, -0.25) is 9.78 Å². The summed E-state index contributed by atoms with van der Waals surface area (Å²) in [6.07, 6.45) is 3.90. The highest BCUT2D eigenvalue weighted by Gasteiger charge is 2.17. The fraction of sp³-hybridized carbons (Fsp3) is 0. The van der Waals surface area contributed by atoms with Gasteiger partial charge < -0.3 is 0 Å². The third-order valence-corrected chi connectivity index (χ3v) is 1.99. The summed E-state index contributed by atoms with van der Waals surface area (Å²) >= 11 is 0. The van der Waals surface area contributed by atoms with Gasteiger partial charge in [0.15, 0.2) is 11.6 Å². The molecule has 2 aromatic rings. The molecule has 0 amide bonds. The lowest BCUT2D eigenvalue weighted by atomic mass is 10.1. The Morgan fingerprint density at radius 2 is 2.00 bits per heavy atom. The fourth-order valence-corrected chi connectivity index (χ4v) is 1.23. The van der Waals surface area contributed by atoms with Crippen molar-refractivity contribution in [2.24, 2.45) is 0 Å². The van der Waals surface area contributed by atoms with Gasteiger partial charge in [-0.25, -0.2) is 13.8 Å². The number of nitrogens with zero attached hydrogens (tertiary/aromatic N) is 2. The van der Waals surface area contributed by atoms with Gasteiger partial charge in [-0.1, -0.05) is 6.07 Å². The molecule has 0 unspecified atom stereocenters. The quantitative estimate of drug-likeness (QED) is 0.727. The molecule has 0 atom stereocenters. The summed E-state index contributed by atoms with van der Waals surface area (Å²) in [6, 6.07) is 3.42. The summed E-state index contributed by atoms with van der Waals surface area (Å²) in [5.74, 6) is -2.92. The summed E-state index contributed by atoms with van der Waals surface area (Å²) in [5.41, 5.74) is -0.368. The van der Waals surface area contributed by atoms with Crippen LogP contribution in [0.15, 0.2) is 36.8 Å². The predicted octanol–water partition coefficient (Wildman–Crippen LogP) is 1.99. The second-order valence-electron chi connectivity index (χ2n) is 3.02. The highest BCUT2D eigenvalue weighted by molar-refractivity contribution is 6.07. The SMILES string of the molecule is O=C(c1cnccn1)c1cccc(F)c1F. The van der Waals surface area contributed by atoms with Crippen LogP contribution in [-0.2, 0) is 0 Å². The summed E-state index contributed by atoms with van der Waals surface area (Å²) < 4.78 is 26.2. The molecule has 3 nitrogen and oxygen atoms in total. The molecule has 0 aliphatic rings. The molecule has 1 aromatic carbocycles. The molecule has 16 heavy (non-hydrogen) atoms. The molecular weight excluding hydrogens is 214 g/mol. The van der Waals surface area contributed by atoms with Gasteiger partial charge in [0.05, 0.1) is 11.8 Å². The van der Waals surface area contributed by atoms with Crippen LogP contribution >= 0.6 is 0 Å². The van der Waals surface area contributed by atoms with E-state index in [2.05, 4.69) is 9.97 Å². The Kier molecular flexibility index (Phi) is 2.68. The first-order chi connectivity index (χ1) is 7.70. The second-order valence-corrected chi connectivity index (χ2v) is 3.02. The number of hydrogen-bond acceptors (Lipinski definition) is 3. The second kappa shape index (κ2) is 4.14. The largest absolute Gasteiger partial charge is 0.287 e. The summed E-state index contributed by atoms with van der Waals surface area (Å²) in [4.78, 5) is 19.1. The monoisotopic (exact) mass is 220 g/mol. The molecule has 80 valence electrons. The minimum absolute atomic E-state index is 0.0213. The Hall–Kier alpha value is -2.17. The van der Waals surface area contributed by atoms with Crippen LogP contribution in [0.3, 0.4) is 0 Å². The van der Waals surface area contributed by atoms with E-state index in [9.17, 15) is 13.6 Å². The van der Waals surface area contributed by atoms with Crippen LogP contribution in [0.25, 0.3) is 0 Å². The average molecular weight is 220 g/mol. The molecule has 1 heterocycles. The Morgan fingerprint density at radius 1 is 1.19 bits per heavy atom. The van der Waals surface area contributed by atoms with Crippen LogP contribution in [0.5, 0.6) is 0 Å². The van der Waals surface area contributed by atoms with E-state index in [4.69, 9.17) is 0 Å². The Morgan fingerprint density at radius 3 is 2.69 bits per heavy atom. The summed E-state index contributed by atoms with van der Waals surface area (Å²) in [7, 11) is 0. The number of rotatable bonds is 2. The Balaban J connectivity index is 2.46. The Labute approximate surface area is 89.8 Å². The van der Waals surface area contributed by atoms with Crippen molar-refractivity contribution < 1.29 is 13.6 Å². The lowest BCUT2D eigenvalue weighted by Gasteiger charge is -2.01. The van der Waals surface area contributed by atoms with Crippen LogP contribution < -0.4 is 0 Å². The highest BCUT2D eigenvalue weighted by atomic mass is 19.2. The molecule has 0 saturated heterocycles. The van der Waals surface area contributed by atoms with Crippen LogP contribution in [0.1, 0.15) is 16.1 Å². The van der Waals surface area contributed by atoms with Gasteiger partial charge >= 0.3 is 0 Å². The number of aromatic nitrogens is 2. The van der Waals surface area contributed by atoms with Crippen LogP contribution in [0, 0.1) is 11.6 Å². The van der Waals surface area contributed by atoms with E-state index in [-0.39, 0.29) is 11.3 Å². The molecule has 5 heteroatoms. The van der Waals surface area contributed by atoms with Gasteiger partial charge in [-0.2, -0.15) is 0 Å². The normalized spacial score (nSPS) is 10.1. The van der Waals surface area contributed by atoms with Gasteiger partial charge in [0, 0.05) is 12.4 Å². The van der Waals surface area contributed by atoms with Crippen molar-refractivity contribution in [2.45, 2.75) is 0 Å². The maximum atomic E-state index is 13.3. The molecule has 0 bridgehead atoms. The minimum atomic E-state index is -1.17. The maximum absolute atomic E-state index is 13.3. The van der Waals surface area contributed by atoms with E-state index in [1.165, 1.54) is 30.7 Å². The molecule has 2 rings (SSSR count). The molecule has 0 fully saturated rings. The van der Waals surface area contributed by atoms with Crippen molar-refractivity contribution in [3.63, 3.8) is 0 Å². The molecule has 0 N–H and O–H groups in total. The van der Waals surface area contributed by atoms with Crippen LogP contribution in [-0.4, -0.2) is 15.8 Å². The van der Waals surface area contributed by atoms with Gasteiger partial charge in [0.1, 0.15) is 5.69 Å². The number of benzene rings is 1. The lowest BCUT2D eigenvalue weighted by Crippen LogP contribution is -2.07. The van der Waals surface area contributed by atoms with Crippen molar-refractivity contribution in [3.8, 4) is 0 Å². The number of hydrogen-bond donors (Lipinski definition) is 0. The van der Waals surface area contributed by atoms with Crippen molar-refractivity contribution in [1.82, 2.24) is 9.97 Å². The van der Waals surface area contributed by atoms with Crippen molar-refractivity contribution >= 4 is 5.78 Å². The minimum Gasteiger partial charge on any atom is -0.287 e. The standard InChI is InChI=1S/C11H6F2N2O/c12-8-3-1-2-7(10(8)13)11(16)9-6-14-4-5-15-9/h1-6H. The van der Waals surface area contributed by atoms with Gasteiger partial charge in [0.2, 0.25) is 5.78 Å². The molecule has 0 spiro atoms. The molecule has 0 aliphatic carbocycles. The summed E-state index contributed by atoms with van der Waals surface area (Å²) in [6.45, 7) is 0. The number of halogens is 2. The topological polar surface area (TPSA) is 42.9 Å². The van der Waals surface area contributed by atoms with Crippen molar-refractivity contribution in [2.75, 3.05) is 0 Å². The number of carbonyl (C=O) groups is 1. The van der Waals surface area contributed by atoms with Crippen LogP contribution in [0.4, 0.5) is 8.78 Å². The van der Waals surface area contributed by atoms with Crippen molar-refractivity contribution in [3.05, 3.63) is 59.7 Å². The van der Waals surface area contributed by atoms with E-state index >= 15 is 0 Å². The fourth-order valence-electron chi connectivity index (χ4n) is 1.23. The first-order valence-electron chi connectivity index (χ1n) is 4.45. The first-order valence-corrected chi connectivity index (χ1v) is 4.45. The molecular formula is C11H6F2N2O. The zero-order valence-electron chi connectivity index (χ0n) is 8.02. The third-order valence-electron chi connectivity index (χ3n) is 1.99. The third kappa shape index (κ3) is 1.79. The lowest BCUT2D eigenvalue weighted by molar-refractivity contribution is 0.102. The first kappa shape index (κ1) is 10.4. The van der Waals surface area contributed by atoms with E-state index in [1.807, 2.05) is 0 Å². The smallest absolute Gasteiger partial charge is 0.215 e. The highest BCUT2D eigenvalue weighted by Crippen LogP contribution is 2.14. The molecule has 0 saturated carbocycles. The molecule has 1 aromatic heterocycles. The number of carbonyl (C=O) groups excluding carboxylic acids is 1. The zero-order valence-corrected chi connectivity index (χ0v) is 8.02. The van der Waals surface area contributed by atoms with E-state index in [0.717, 1.165) is 6.07 Å². The van der Waals surface area contributed by atoms with E-state index in [0.29, 0.717) is 0 Å². The Bertz CT molecular complexity index is 529.